The Labute approximate surface area is 125 Å². The van der Waals surface area contributed by atoms with E-state index in [1.165, 1.54) is 31.4 Å². The first-order valence-electron chi connectivity index (χ1n) is 6.45. The van der Waals surface area contributed by atoms with Gasteiger partial charge in [-0.25, -0.2) is 8.42 Å². The second kappa shape index (κ2) is 7.02. The van der Waals surface area contributed by atoms with Gasteiger partial charge in [0.05, 0.1) is 10.5 Å². The highest BCUT2D eigenvalue weighted by molar-refractivity contribution is 7.90. The van der Waals surface area contributed by atoms with Crippen LogP contribution in [0.1, 0.15) is 23.7 Å². The lowest BCUT2D eigenvalue weighted by Crippen LogP contribution is -2.41. The van der Waals surface area contributed by atoms with E-state index in [0.717, 1.165) is 6.26 Å². The third-order valence-electron chi connectivity index (χ3n) is 3.02. The van der Waals surface area contributed by atoms with Gasteiger partial charge in [0.2, 0.25) is 0 Å². The highest BCUT2D eigenvalue weighted by atomic mass is 32.2. The van der Waals surface area contributed by atoms with Crippen LogP contribution in [-0.4, -0.2) is 51.5 Å². The molecule has 0 saturated carbocycles. The molecule has 1 aromatic carbocycles. The third-order valence-corrected chi connectivity index (χ3v) is 4.15. The Balaban J connectivity index is 2.64. The second-order valence-corrected chi connectivity index (χ2v) is 7.23. The average molecular weight is 315 g/mol. The van der Waals surface area contributed by atoms with Crippen molar-refractivity contribution in [3.05, 3.63) is 29.8 Å². The van der Waals surface area contributed by atoms with E-state index in [1.54, 1.807) is 6.92 Å². The normalized spacial score (nSPS) is 14.5. The molecule has 0 aliphatic carbocycles. The number of carbonyl (C=O) groups is 1. The van der Waals surface area contributed by atoms with Crippen molar-refractivity contribution >= 4 is 15.7 Å². The number of hydrogen-bond donors (Lipinski definition) is 2. The molecule has 0 heterocycles. The van der Waals surface area contributed by atoms with Crippen LogP contribution in [-0.2, 0) is 14.6 Å². The molecule has 6 nitrogen and oxygen atoms in total. The number of ether oxygens (including phenoxy) is 1. The topological polar surface area (TPSA) is 92.7 Å². The number of amides is 1. The molecule has 0 aromatic heterocycles. The molecule has 7 heteroatoms. The van der Waals surface area contributed by atoms with E-state index in [2.05, 4.69) is 5.32 Å². The first kappa shape index (κ1) is 17.6. The summed E-state index contributed by atoms with van der Waals surface area (Å²) in [7, 11) is -1.74. The van der Waals surface area contributed by atoms with Gasteiger partial charge in [0.25, 0.3) is 5.91 Å². The fraction of sp³-hybridized carbons (Fsp3) is 0.500. The minimum Gasteiger partial charge on any atom is -0.388 e. The van der Waals surface area contributed by atoms with Crippen molar-refractivity contribution in [2.75, 3.05) is 26.5 Å². The molecule has 0 aliphatic heterocycles. The SMILES string of the molecule is COCCC(C)(O)CNC(=O)c1ccc(S(C)(=O)=O)cc1. The number of hydrogen-bond acceptors (Lipinski definition) is 5. The number of sulfone groups is 1. The molecule has 0 bridgehead atoms. The molecule has 0 saturated heterocycles. The lowest BCUT2D eigenvalue weighted by Gasteiger charge is -2.23. The molecule has 1 unspecified atom stereocenters. The Bertz CT molecular complexity index is 578. The van der Waals surface area contributed by atoms with Crippen molar-refractivity contribution in [3.63, 3.8) is 0 Å². The molecule has 1 aromatic rings. The number of aliphatic hydroxyl groups is 1. The van der Waals surface area contributed by atoms with Gasteiger partial charge in [0.1, 0.15) is 0 Å². The van der Waals surface area contributed by atoms with Gasteiger partial charge in [-0.05, 0) is 31.2 Å². The molecule has 2 N–H and O–H groups in total. The van der Waals surface area contributed by atoms with Gasteiger partial charge in [0, 0.05) is 38.5 Å². The van der Waals surface area contributed by atoms with Crippen molar-refractivity contribution < 1.29 is 23.1 Å². The van der Waals surface area contributed by atoms with Gasteiger partial charge in [-0.2, -0.15) is 0 Å². The Morgan fingerprint density at radius 3 is 2.38 bits per heavy atom. The Kier molecular flexibility index (Phi) is 5.88. The molecular formula is C14H21NO5S. The Hall–Kier alpha value is -1.44. The van der Waals surface area contributed by atoms with Crippen LogP contribution in [0.5, 0.6) is 0 Å². The summed E-state index contributed by atoms with van der Waals surface area (Å²) in [5, 5.41) is 12.6. The molecule has 0 spiro atoms. The minimum absolute atomic E-state index is 0.0863. The predicted molar refractivity (Wildman–Crippen MR) is 79.0 cm³/mol. The largest absolute Gasteiger partial charge is 0.388 e. The highest BCUT2D eigenvalue weighted by Crippen LogP contribution is 2.11. The lowest BCUT2D eigenvalue weighted by atomic mass is 10.0. The monoisotopic (exact) mass is 315 g/mol. The van der Waals surface area contributed by atoms with Crippen LogP contribution in [0.3, 0.4) is 0 Å². The van der Waals surface area contributed by atoms with E-state index in [9.17, 15) is 18.3 Å². The van der Waals surface area contributed by atoms with Gasteiger partial charge in [-0.1, -0.05) is 0 Å². The van der Waals surface area contributed by atoms with Crippen molar-refractivity contribution in [2.45, 2.75) is 23.8 Å². The van der Waals surface area contributed by atoms with Crippen molar-refractivity contribution in [3.8, 4) is 0 Å². The number of carbonyl (C=O) groups excluding carboxylic acids is 1. The molecule has 118 valence electrons. The molecule has 1 rings (SSSR count). The molecule has 1 amide bonds. The zero-order valence-electron chi connectivity index (χ0n) is 12.4. The first-order chi connectivity index (χ1) is 9.65. The maximum Gasteiger partial charge on any atom is 0.251 e. The molecule has 0 aliphatic rings. The summed E-state index contributed by atoms with van der Waals surface area (Å²) in [5.74, 6) is -0.368. The average Bonchev–Trinajstić information content (AvgIpc) is 2.42. The number of methoxy groups -OCH3 is 1. The number of benzene rings is 1. The number of rotatable bonds is 7. The molecule has 0 radical (unpaired) electrons. The van der Waals surface area contributed by atoms with E-state index in [0.29, 0.717) is 18.6 Å². The fourth-order valence-electron chi connectivity index (χ4n) is 1.64. The van der Waals surface area contributed by atoms with Crippen molar-refractivity contribution in [1.82, 2.24) is 5.32 Å². The van der Waals surface area contributed by atoms with Crippen LogP contribution in [0.2, 0.25) is 0 Å². The van der Waals surface area contributed by atoms with E-state index in [4.69, 9.17) is 4.74 Å². The summed E-state index contributed by atoms with van der Waals surface area (Å²) < 4.78 is 27.5. The quantitative estimate of drug-likeness (QED) is 0.769. The maximum absolute atomic E-state index is 11.9. The zero-order chi connectivity index (χ0) is 16.1. The molecule has 1 atom stereocenters. The molecule has 0 fully saturated rings. The Morgan fingerprint density at radius 2 is 1.90 bits per heavy atom. The first-order valence-corrected chi connectivity index (χ1v) is 8.34. The van der Waals surface area contributed by atoms with E-state index < -0.39 is 15.4 Å². The predicted octanol–water partition coefficient (Wildman–Crippen LogP) is 0.607. The highest BCUT2D eigenvalue weighted by Gasteiger charge is 2.21. The van der Waals surface area contributed by atoms with Gasteiger partial charge in [-0.3, -0.25) is 4.79 Å². The third kappa shape index (κ3) is 5.82. The van der Waals surface area contributed by atoms with E-state index in [1.807, 2.05) is 0 Å². The van der Waals surface area contributed by atoms with Crippen LogP contribution < -0.4 is 5.32 Å². The standard InChI is InChI=1S/C14H21NO5S/c1-14(17,8-9-20-2)10-15-13(16)11-4-6-12(7-5-11)21(3,18)19/h4-7,17H,8-10H2,1-3H3,(H,15,16). The summed E-state index contributed by atoms with van der Waals surface area (Å²) >= 11 is 0. The van der Waals surface area contributed by atoms with Gasteiger partial charge in [0.15, 0.2) is 9.84 Å². The molecule has 21 heavy (non-hydrogen) atoms. The summed E-state index contributed by atoms with van der Waals surface area (Å²) in [6.45, 7) is 2.09. The van der Waals surface area contributed by atoms with Gasteiger partial charge < -0.3 is 15.2 Å². The van der Waals surface area contributed by atoms with Crippen LogP contribution in [0.15, 0.2) is 29.2 Å². The van der Waals surface area contributed by atoms with Crippen LogP contribution in [0.4, 0.5) is 0 Å². The van der Waals surface area contributed by atoms with Gasteiger partial charge in [-0.15, -0.1) is 0 Å². The number of nitrogens with one attached hydrogen (secondary N) is 1. The summed E-state index contributed by atoms with van der Waals surface area (Å²) in [4.78, 5) is 12.1. The van der Waals surface area contributed by atoms with E-state index in [-0.39, 0.29) is 17.3 Å². The smallest absolute Gasteiger partial charge is 0.251 e. The lowest BCUT2D eigenvalue weighted by molar-refractivity contribution is 0.0243. The zero-order valence-corrected chi connectivity index (χ0v) is 13.2. The van der Waals surface area contributed by atoms with Crippen LogP contribution in [0, 0.1) is 0 Å². The Morgan fingerprint density at radius 1 is 1.33 bits per heavy atom. The minimum atomic E-state index is -3.28. The summed E-state index contributed by atoms with van der Waals surface area (Å²) in [6.07, 6.45) is 1.51. The van der Waals surface area contributed by atoms with Crippen molar-refractivity contribution in [1.29, 1.82) is 0 Å². The fourth-order valence-corrected chi connectivity index (χ4v) is 2.27. The molecular weight excluding hydrogens is 294 g/mol. The maximum atomic E-state index is 11.9. The summed E-state index contributed by atoms with van der Waals surface area (Å²) in [5.41, 5.74) is -0.719. The van der Waals surface area contributed by atoms with Crippen molar-refractivity contribution in [2.24, 2.45) is 0 Å². The van der Waals surface area contributed by atoms with Crippen LogP contribution in [0.25, 0.3) is 0 Å². The van der Waals surface area contributed by atoms with E-state index >= 15 is 0 Å². The summed E-state index contributed by atoms with van der Waals surface area (Å²) in [6, 6.07) is 5.64. The second-order valence-electron chi connectivity index (χ2n) is 5.22. The van der Waals surface area contributed by atoms with Gasteiger partial charge >= 0.3 is 0 Å². The van der Waals surface area contributed by atoms with Crippen LogP contribution >= 0.6 is 0 Å².